The summed E-state index contributed by atoms with van der Waals surface area (Å²) in [7, 11) is -1.03. The Balaban J connectivity index is 2.97. The zero-order valence-corrected chi connectivity index (χ0v) is 12.5. The molecule has 0 radical (unpaired) electrons. The van der Waals surface area contributed by atoms with Crippen LogP contribution in [0.25, 0.3) is 0 Å². The Hall–Kier alpha value is -0.880. The Morgan fingerprint density at radius 2 is 2.00 bits per heavy atom. The molecule has 0 spiro atoms. The molecule has 1 aromatic carbocycles. The first-order valence-corrected chi connectivity index (χ1v) is 8.12. The van der Waals surface area contributed by atoms with Crippen molar-refractivity contribution < 1.29 is 17.4 Å². The van der Waals surface area contributed by atoms with Crippen molar-refractivity contribution in [2.24, 2.45) is 0 Å². The third kappa shape index (κ3) is 5.25. The molecule has 0 saturated carbocycles. The lowest BCUT2D eigenvalue weighted by molar-refractivity contribution is -0.137. The number of benzene rings is 1. The lowest BCUT2D eigenvalue weighted by Crippen LogP contribution is -2.27. The van der Waals surface area contributed by atoms with Crippen LogP contribution in [0, 0.1) is 0 Å². The third-order valence-corrected chi connectivity index (χ3v) is 4.28. The van der Waals surface area contributed by atoms with Gasteiger partial charge in [-0.05, 0) is 30.7 Å². The molecular weight excluding hydrogens is 287 g/mol. The summed E-state index contributed by atoms with van der Waals surface area (Å²) in [5.74, 6) is 0.834. The molecule has 0 saturated heterocycles. The fraction of sp³-hybridized carbons (Fsp3) is 0.571. The number of nitrogens with one attached hydrogen (secondary N) is 1. The lowest BCUT2D eigenvalue weighted by atomic mass is 10.0. The Morgan fingerprint density at radius 1 is 1.30 bits per heavy atom. The number of alkyl halides is 3. The Morgan fingerprint density at radius 3 is 2.55 bits per heavy atom. The van der Waals surface area contributed by atoms with Gasteiger partial charge in [-0.3, -0.25) is 4.21 Å². The molecule has 2 unspecified atom stereocenters. The van der Waals surface area contributed by atoms with Crippen LogP contribution >= 0.6 is 0 Å². The maximum atomic E-state index is 12.7. The number of hydrogen-bond donors (Lipinski definition) is 1. The molecule has 0 aliphatic rings. The summed E-state index contributed by atoms with van der Waals surface area (Å²) in [5, 5.41) is 3.17. The fourth-order valence-corrected chi connectivity index (χ4v) is 2.74. The normalized spacial score (nSPS) is 15.1. The number of halogens is 3. The van der Waals surface area contributed by atoms with Crippen molar-refractivity contribution in [3.8, 4) is 0 Å². The molecule has 6 heteroatoms. The van der Waals surface area contributed by atoms with E-state index in [-0.39, 0.29) is 6.04 Å². The van der Waals surface area contributed by atoms with Crippen LogP contribution in [0.3, 0.4) is 0 Å². The highest BCUT2D eigenvalue weighted by atomic mass is 32.2. The van der Waals surface area contributed by atoms with Crippen LogP contribution in [0.4, 0.5) is 13.2 Å². The van der Waals surface area contributed by atoms with Crippen LogP contribution in [0.5, 0.6) is 0 Å². The van der Waals surface area contributed by atoms with Gasteiger partial charge in [0.2, 0.25) is 0 Å². The highest BCUT2D eigenvalue weighted by Gasteiger charge is 2.31. The van der Waals surface area contributed by atoms with Gasteiger partial charge in [0, 0.05) is 28.3 Å². The van der Waals surface area contributed by atoms with Gasteiger partial charge in [-0.1, -0.05) is 26.0 Å². The van der Waals surface area contributed by atoms with Gasteiger partial charge < -0.3 is 5.32 Å². The SMILES string of the molecule is CCCNC(CS(=O)CC)c1cccc(C(F)(F)F)c1. The highest BCUT2D eigenvalue weighted by Crippen LogP contribution is 2.30. The van der Waals surface area contributed by atoms with Crippen molar-refractivity contribution >= 4 is 10.8 Å². The summed E-state index contributed by atoms with van der Waals surface area (Å²) in [5.41, 5.74) is -0.129. The quantitative estimate of drug-likeness (QED) is 0.835. The van der Waals surface area contributed by atoms with E-state index in [1.165, 1.54) is 6.07 Å². The second kappa shape index (κ2) is 7.78. The predicted molar refractivity (Wildman–Crippen MR) is 76.0 cm³/mol. The molecule has 0 aromatic heterocycles. The zero-order chi connectivity index (χ0) is 15.2. The molecule has 0 heterocycles. The molecule has 1 N–H and O–H groups in total. The second-order valence-corrected chi connectivity index (χ2v) is 6.32. The van der Waals surface area contributed by atoms with E-state index in [1.54, 1.807) is 13.0 Å². The summed E-state index contributed by atoms with van der Waals surface area (Å²) in [4.78, 5) is 0. The minimum Gasteiger partial charge on any atom is -0.309 e. The third-order valence-electron chi connectivity index (χ3n) is 2.93. The van der Waals surface area contributed by atoms with Gasteiger partial charge in [0.1, 0.15) is 0 Å². The second-order valence-electron chi connectivity index (χ2n) is 4.53. The molecule has 1 aromatic rings. The molecule has 2 nitrogen and oxygen atoms in total. The highest BCUT2D eigenvalue weighted by molar-refractivity contribution is 7.84. The Bertz CT molecular complexity index is 448. The van der Waals surface area contributed by atoms with Crippen LogP contribution in [-0.2, 0) is 17.0 Å². The van der Waals surface area contributed by atoms with Crippen LogP contribution in [0.1, 0.15) is 37.4 Å². The first kappa shape index (κ1) is 17.2. The molecule has 0 bridgehead atoms. The van der Waals surface area contributed by atoms with Crippen LogP contribution < -0.4 is 5.32 Å². The predicted octanol–water partition coefficient (Wildman–Crippen LogP) is 3.51. The molecule has 0 aliphatic heterocycles. The van der Waals surface area contributed by atoms with E-state index in [1.807, 2.05) is 6.92 Å². The van der Waals surface area contributed by atoms with E-state index >= 15 is 0 Å². The zero-order valence-electron chi connectivity index (χ0n) is 11.7. The molecule has 20 heavy (non-hydrogen) atoms. The summed E-state index contributed by atoms with van der Waals surface area (Å²) in [6.45, 7) is 4.47. The summed E-state index contributed by atoms with van der Waals surface area (Å²) in [6, 6.07) is 4.93. The van der Waals surface area contributed by atoms with Crippen molar-refractivity contribution in [1.29, 1.82) is 0 Å². The van der Waals surface area contributed by atoms with Gasteiger partial charge in [-0.25, -0.2) is 0 Å². The Kier molecular flexibility index (Phi) is 6.68. The maximum absolute atomic E-state index is 12.7. The molecule has 0 amide bonds. The summed E-state index contributed by atoms with van der Waals surface area (Å²) >= 11 is 0. The topological polar surface area (TPSA) is 29.1 Å². The Labute approximate surface area is 120 Å². The first-order chi connectivity index (χ1) is 9.38. The van der Waals surface area contributed by atoms with Crippen molar-refractivity contribution in [3.05, 3.63) is 35.4 Å². The van der Waals surface area contributed by atoms with Crippen molar-refractivity contribution in [1.82, 2.24) is 5.32 Å². The summed E-state index contributed by atoms with van der Waals surface area (Å²) in [6.07, 6.45) is -3.48. The number of rotatable bonds is 7. The van der Waals surface area contributed by atoms with Crippen molar-refractivity contribution in [2.75, 3.05) is 18.1 Å². The largest absolute Gasteiger partial charge is 0.416 e. The first-order valence-electron chi connectivity index (χ1n) is 6.64. The van der Waals surface area contributed by atoms with E-state index in [4.69, 9.17) is 0 Å². The summed E-state index contributed by atoms with van der Waals surface area (Å²) < 4.78 is 49.9. The lowest BCUT2D eigenvalue weighted by Gasteiger charge is -2.19. The number of hydrogen-bond acceptors (Lipinski definition) is 2. The fourth-order valence-electron chi connectivity index (χ4n) is 1.83. The molecule has 114 valence electrons. The van der Waals surface area contributed by atoms with Gasteiger partial charge in [-0.15, -0.1) is 0 Å². The minimum absolute atomic E-state index is 0.307. The van der Waals surface area contributed by atoms with Crippen LogP contribution in [0.15, 0.2) is 24.3 Å². The minimum atomic E-state index is -4.35. The van der Waals surface area contributed by atoms with Gasteiger partial charge >= 0.3 is 6.18 Å². The van der Waals surface area contributed by atoms with E-state index in [0.29, 0.717) is 23.6 Å². The molecule has 0 aliphatic carbocycles. The smallest absolute Gasteiger partial charge is 0.309 e. The molecular formula is C14H20F3NOS. The van der Waals surface area contributed by atoms with Crippen LogP contribution in [-0.4, -0.2) is 22.3 Å². The standard InChI is InChI=1S/C14H20F3NOS/c1-3-8-18-13(10-20(19)4-2)11-6-5-7-12(9-11)14(15,16)17/h5-7,9,13,18H,3-4,8,10H2,1-2H3. The van der Waals surface area contributed by atoms with Crippen molar-refractivity contribution in [3.63, 3.8) is 0 Å². The van der Waals surface area contributed by atoms with E-state index in [2.05, 4.69) is 5.32 Å². The average molecular weight is 307 g/mol. The van der Waals surface area contributed by atoms with Gasteiger partial charge in [-0.2, -0.15) is 13.2 Å². The molecule has 2 atom stereocenters. The van der Waals surface area contributed by atoms with Gasteiger partial charge in [0.15, 0.2) is 0 Å². The van der Waals surface area contributed by atoms with E-state index in [0.717, 1.165) is 18.6 Å². The monoisotopic (exact) mass is 307 g/mol. The molecule has 1 rings (SSSR count). The van der Waals surface area contributed by atoms with Gasteiger partial charge in [0.05, 0.1) is 5.56 Å². The van der Waals surface area contributed by atoms with E-state index < -0.39 is 22.5 Å². The maximum Gasteiger partial charge on any atom is 0.416 e. The average Bonchev–Trinajstić information content (AvgIpc) is 2.42. The molecule has 0 fully saturated rings. The van der Waals surface area contributed by atoms with Gasteiger partial charge in [0.25, 0.3) is 0 Å². The van der Waals surface area contributed by atoms with Crippen LogP contribution in [0.2, 0.25) is 0 Å². The van der Waals surface area contributed by atoms with E-state index in [9.17, 15) is 17.4 Å². The van der Waals surface area contributed by atoms with Crippen molar-refractivity contribution in [2.45, 2.75) is 32.5 Å².